The molecule has 0 saturated heterocycles. The summed E-state index contributed by atoms with van der Waals surface area (Å²) in [6.45, 7) is 6.18. The van der Waals surface area contributed by atoms with Crippen molar-refractivity contribution in [3.05, 3.63) is 35.2 Å². The van der Waals surface area contributed by atoms with Gasteiger partial charge in [-0.3, -0.25) is 4.79 Å². The van der Waals surface area contributed by atoms with E-state index in [1.54, 1.807) is 19.2 Å². The second kappa shape index (κ2) is 8.55. The van der Waals surface area contributed by atoms with Gasteiger partial charge in [0.15, 0.2) is 0 Å². The lowest BCUT2D eigenvalue weighted by atomic mass is 10.1. The Balaban J connectivity index is 1.87. The maximum Gasteiger partial charge on any atom is 0.251 e. The number of aromatic nitrogens is 2. The molecule has 2 rings (SSSR count). The van der Waals surface area contributed by atoms with Crippen molar-refractivity contribution in [3.63, 3.8) is 0 Å². The van der Waals surface area contributed by atoms with Gasteiger partial charge in [-0.25, -0.2) is 9.97 Å². The quantitative estimate of drug-likeness (QED) is 0.754. The molecule has 1 aromatic carbocycles. The number of carbonyl (C=O) groups excluding carboxylic acids is 1. The molecule has 0 saturated carbocycles. The molecule has 23 heavy (non-hydrogen) atoms. The average Bonchev–Trinajstić information content (AvgIpc) is 2.54. The van der Waals surface area contributed by atoms with Crippen LogP contribution in [0.15, 0.2) is 18.2 Å². The highest BCUT2D eigenvalue weighted by Crippen LogP contribution is 2.14. The predicted molar refractivity (Wildman–Crippen MR) is 88.7 cm³/mol. The molecule has 0 bridgehead atoms. The second-order valence-corrected chi connectivity index (χ2v) is 5.31. The van der Waals surface area contributed by atoms with Crippen molar-refractivity contribution in [3.8, 4) is 0 Å². The molecule has 6 nitrogen and oxygen atoms in total. The number of ether oxygens (including phenoxy) is 2. The van der Waals surface area contributed by atoms with E-state index >= 15 is 0 Å². The molecule has 1 aromatic heterocycles. The number of nitrogens with zero attached hydrogens (tertiary/aromatic N) is 2. The minimum Gasteiger partial charge on any atom is -0.382 e. The van der Waals surface area contributed by atoms with Crippen molar-refractivity contribution in [1.82, 2.24) is 15.3 Å². The number of amides is 1. The number of nitrogens with one attached hydrogen (secondary N) is 1. The Morgan fingerprint density at radius 1 is 1.09 bits per heavy atom. The van der Waals surface area contributed by atoms with Gasteiger partial charge in [0, 0.05) is 25.8 Å². The van der Waals surface area contributed by atoms with Gasteiger partial charge in [-0.05, 0) is 38.5 Å². The first-order chi connectivity index (χ1) is 11.1. The van der Waals surface area contributed by atoms with Crippen molar-refractivity contribution in [2.75, 3.05) is 33.5 Å². The Bertz CT molecular complexity index is 673. The van der Waals surface area contributed by atoms with Gasteiger partial charge in [0.05, 0.1) is 35.6 Å². The lowest BCUT2D eigenvalue weighted by molar-refractivity contribution is 0.0688. The molecular formula is C17H23N3O3. The molecule has 0 fully saturated rings. The molecule has 1 N–H and O–H groups in total. The second-order valence-electron chi connectivity index (χ2n) is 5.31. The van der Waals surface area contributed by atoms with Gasteiger partial charge in [-0.15, -0.1) is 0 Å². The Morgan fingerprint density at radius 3 is 2.57 bits per heavy atom. The lowest BCUT2D eigenvalue weighted by Crippen LogP contribution is -2.25. The first-order valence-electron chi connectivity index (χ1n) is 7.71. The van der Waals surface area contributed by atoms with Gasteiger partial charge < -0.3 is 14.8 Å². The number of methoxy groups -OCH3 is 1. The highest BCUT2D eigenvalue weighted by atomic mass is 16.5. The molecule has 6 heteroatoms. The third kappa shape index (κ3) is 4.97. The molecule has 0 aliphatic carbocycles. The monoisotopic (exact) mass is 317 g/mol. The summed E-state index contributed by atoms with van der Waals surface area (Å²) in [4.78, 5) is 21.1. The van der Waals surface area contributed by atoms with Gasteiger partial charge in [0.2, 0.25) is 0 Å². The Kier molecular flexibility index (Phi) is 6.43. The van der Waals surface area contributed by atoms with E-state index in [9.17, 15) is 4.79 Å². The maximum atomic E-state index is 12.2. The van der Waals surface area contributed by atoms with E-state index in [2.05, 4.69) is 15.3 Å². The number of rotatable bonds is 8. The van der Waals surface area contributed by atoms with Crippen molar-refractivity contribution in [2.45, 2.75) is 20.3 Å². The SMILES string of the molecule is COCCOCCCNC(=O)c1ccc2nc(C)c(C)nc2c1. The van der Waals surface area contributed by atoms with Crippen molar-refractivity contribution in [2.24, 2.45) is 0 Å². The van der Waals surface area contributed by atoms with Gasteiger partial charge in [-0.1, -0.05) is 0 Å². The summed E-state index contributed by atoms with van der Waals surface area (Å²) >= 11 is 0. The Hall–Kier alpha value is -2.05. The van der Waals surface area contributed by atoms with Crippen LogP contribution in [0.3, 0.4) is 0 Å². The number of fused-ring (bicyclic) bond motifs is 1. The van der Waals surface area contributed by atoms with E-state index in [0.29, 0.717) is 31.9 Å². The number of hydrogen-bond donors (Lipinski definition) is 1. The first-order valence-corrected chi connectivity index (χ1v) is 7.71. The van der Waals surface area contributed by atoms with E-state index in [1.807, 2.05) is 19.9 Å². The zero-order chi connectivity index (χ0) is 16.7. The normalized spacial score (nSPS) is 10.9. The smallest absolute Gasteiger partial charge is 0.251 e. The zero-order valence-corrected chi connectivity index (χ0v) is 13.9. The first kappa shape index (κ1) is 17.3. The fourth-order valence-electron chi connectivity index (χ4n) is 2.09. The molecule has 0 spiro atoms. The highest BCUT2D eigenvalue weighted by molar-refractivity contribution is 5.97. The van der Waals surface area contributed by atoms with E-state index in [0.717, 1.165) is 28.8 Å². The van der Waals surface area contributed by atoms with E-state index < -0.39 is 0 Å². The molecule has 124 valence electrons. The van der Waals surface area contributed by atoms with Crippen LogP contribution in [0.5, 0.6) is 0 Å². The summed E-state index contributed by atoms with van der Waals surface area (Å²) in [5.41, 5.74) is 3.92. The molecule has 0 radical (unpaired) electrons. The number of benzene rings is 1. The standard InChI is InChI=1S/C17H23N3O3/c1-12-13(2)20-16-11-14(5-6-15(16)19-12)17(21)18-7-4-8-23-10-9-22-3/h5-6,11H,4,7-10H2,1-3H3,(H,18,21). The minimum atomic E-state index is -0.108. The molecule has 0 atom stereocenters. The van der Waals surface area contributed by atoms with Crippen LogP contribution in [-0.4, -0.2) is 49.4 Å². The van der Waals surface area contributed by atoms with Crippen LogP contribution in [-0.2, 0) is 9.47 Å². The summed E-state index contributed by atoms with van der Waals surface area (Å²) in [5.74, 6) is -0.108. The summed E-state index contributed by atoms with van der Waals surface area (Å²) in [6, 6.07) is 5.38. The van der Waals surface area contributed by atoms with Crippen LogP contribution in [0.25, 0.3) is 11.0 Å². The molecule has 1 amide bonds. The number of carbonyl (C=O) groups is 1. The molecule has 0 aliphatic heterocycles. The van der Waals surface area contributed by atoms with Gasteiger partial charge in [-0.2, -0.15) is 0 Å². The highest BCUT2D eigenvalue weighted by Gasteiger charge is 2.08. The van der Waals surface area contributed by atoms with Crippen molar-refractivity contribution >= 4 is 16.9 Å². The fourth-order valence-corrected chi connectivity index (χ4v) is 2.09. The van der Waals surface area contributed by atoms with Crippen LogP contribution < -0.4 is 5.32 Å². The van der Waals surface area contributed by atoms with Crippen LogP contribution in [0.1, 0.15) is 28.2 Å². The van der Waals surface area contributed by atoms with Gasteiger partial charge in [0.1, 0.15) is 0 Å². The summed E-state index contributed by atoms with van der Waals surface area (Å²) < 4.78 is 10.2. The molecule has 0 aliphatic rings. The minimum absolute atomic E-state index is 0.108. The molecule has 1 heterocycles. The lowest BCUT2D eigenvalue weighted by Gasteiger charge is -2.07. The van der Waals surface area contributed by atoms with E-state index in [1.165, 1.54) is 0 Å². The third-order valence-corrected chi connectivity index (χ3v) is 3.52. The van der Waals surface area contributed by atoms with Gasteiger partial charge in [0.25, 0.3) is 5.91 Å². The Labute approximate surface area is 136 Å². The fraction of sp³-hybridized carbons (Fsp3) is 0.471. The largest absolute Gasteiger partial charge is 0.382 e. The Morgan fingerprint density at radius 2 is 1.83 bits per heavy atom. The topological polar surface area (TPSA) is 73.3 Å². The summed E-state index contributed by atoms with van der Waals surface area (Å²) in [6.07, 6.45) is 0.765. The van der Waals surface area contributed by atoms with Crippen molar-refractivity contribution in [1.29, 1.82) is 0 Å². The predicted octanol–water partition coefficient (Wildman–Crippen LogP) is 2.03. The van der Waals surface area contributed by atoms with Crippen LogP contribution in [0.4, 0.5) is 0 Å². The summed E-state index contributed by atoms with van der Waals surface area (Å²) in [5, 5.41) is 2.88. The maximum absolute atomic E-state index is 12.2. The van der Waals surface area contributed by atoms with Crippen LogP contribution in [0.2, 0.25) is 0 Å². The third-order valence-electron chi connectivity index (χ3n) is 3.52. The zero-order valence-electron chi connectivity index (χ0n) is 13.9. The molecular weight excluding hydrogens is 294 g/mol. The number of hydrogen-bond acceptors (Lipinski definition) is 5. The van der Waals surface area contributed by atoms with E-state index in [-0.39, 0.29) is 5.91 Å². The van der Waals surface area contributed by atoms with Crippen LogP contribution in [0, 0.1) is 13.8 Å². The molecule has 2 aromatic rings. The average molecular weight is 317 g/mol. The van der Waals surface area contributed by atoms with Crippen molar-refractivity contribution < 1.29 is 14.3 Å². The molecule has 0 unspecified atom stereocenters. The van der Waals surface area contributed by atoms with E-state index in [4.69, 9.17) is 9.47 Å². The van der Waals surface area contributed by atoms with Crippen LogP contribution >= 0.6 is 0 Å². The summed E-state index contributed by atoms with van der Waals surface area (Å²) in [7, 11) is 1.64. The number of aryl methyl sites for hydroxylation is 2. The van der Waals surface area contributed by atoms with Gasteiger partial charge >= 0.3 is 0 Å².